The minimum absolute atomic E-state index is 0.00114. The number of hydrogen-bond acceptors (Lipinski definition) is 6. The number of nitrogens with one attached hydrogen (secondary N) is 1. The Morgan fingerprint density at radius 1 is 1.65 bits per heavy atom. The van der Waals surface area contributed by atoms with Crippen LogP contribution in [-0.4, -0.2) is 49.6 Å². The van der Waals surface area contributed by atoms with Crippen LogP contribution in [0.3, 0.4) is 0 Å². The van der Waals surface area contributed by atoms with Crippen LogP contribution in [0.5, 0.6) is 0 Å². The summed E-state index contributed by atoms with van der Waals surface area (Å²) in [7, 11) is 0. The smallest absolute Gasteiger partial charge is 0.351 e. The molecule has 23 heavy (non-hydrogen) atoms. The first-order valence-electron chi connectivity index (χ1n) is 6.90. The van der Waals surface area contributed by atoms with Crippen molar-refractivity contribution in [1.82, 2.24) is 9.55 Å². The van der Waals surface area contributed by atoms with Crippen LogP contribution in [0, 0.1) is 5.92 Å². The van der Waals surface area contributed by atoms with Crippen LogP contribution in [0.1, 0.15) is 20.1 Å². The zero-order valence-corrected chi connectivity index (χ0v) is 13.2. The summed E-state index contributed by atoms with van der Waals surface area (Å²) in [6, 6.07) is 1.27. The number of aliphatic hydroxyl groups is 2. The molecular weight excluding hydrogens is 333 g/mol. The Labute approximate surface area is 135 Å². The van der Waals surface area contributed by atoms with Crippen LogP contribution >= 0.6 is 11.6 Å². The van der Waals surface area contributed by atoms with Crippen LogP contribution in [-0.2, 0) is 9.53 Å². The van der Waals surface area contributed by atoms with E-state index in [9.17, 15) is 19.1 Å². The van der Waals surface area contributed by atoms with Crippen molar-refractivity contribution in [2.24, 2.45) is 5.92 Å². The fourth-order valence-corrected chi connectivity index (χ4v) is 2.35. The Morgan fingerprint density at radius 3 is 2.78 bits per heavy atom. The van der Waals surface area contributed by atoms with Crippen molar-refractivity contribution in [1.29, 1.82) is 0 Å². The summed E-state index contributed by atoms with van der Waals surface area (Å²) in [6.45, 7) is 2.68. The van der Waals surface area contributed by atoms with Crippen molar-refractivity contribution in [3.05, 3.63) is 22.7 Å². The average Bonchev–Trinajstić information content (AvgIpc) is 2.70. The maximum Gasteiger partial charge on any atom is 0.351 e. The van der Waals surface area contributed by atoms with E-state index in [2.05, 4.69) is 10.3 Å². The zero-order valence-electron chi connectivity index (χ0n) is 12.4. The molecule has 128 valence electrons. The number of nitrogens with zero attached hydrogens (tertiary/aromatic N) is 2. The number of anilines is 1. The molecule has 1 amide bonds. The van der Waals surface area contributed by atoms with Gasteiger partial charge in [-0.15, -0.1) is 0 Å². The van der Waals surface area contributed by atoms with Crippen LogP contribution < -0.4 is 11.0 Å². The zero-order chi connectivity index (χ0) is 17.4. The Bertz CT molecular complexity index is 651. The first-order valence-corrected chi connectivity index (χ1v) is 7.28. The van der Waals surface area contributed by atoms with E-state index in [1.807, 2.05) is 0 Å². The molecule has 1 saturated heterocycles. The van der Waals surface area contributed by atoms with Crippen molar-refractivity contribution in [2.75, 3.05) is 11.9 Å². The molecule has 1 aliphatic heterocycles. The van der Waals surface area contributed by atoms with Gasteiger partial charge in [-0.25, -0.2) is 9.18 Å². The van der Waals surface area contributed by atoms with Crippen LogP contribution in [0.4, 0.5) is 10.2 Å². The van der Waals surface area contributed by atoms with Crippen molar-refractivity contribution < 1.29 is 24.1 Å². The molecule has 1 aromatic heterocycles. The van der Waals surface area contributed by atoms with E-state index < -0.39 is 35.9 Å². The van der Waals surface area contributed by atoms with Crippen molar-refractivity contribution in [3.8, 4) is 0 Å². The van der Waals surface area contributed by atoms with Crippen molar-refractivity contribution >= 4 is 23.3 Å². The number of carbonyl (C=O) groups is 1. The molecule has 0 spiro atoms. The van der Waals surface area contributed by atoms with Gasteiger partial charge in [0, 0.05) is 12.1 Å². The van der Waals surface area contributed by atoms with E-state index in [1.165, 1.54) is 6.07 Å². The highest BCUT2D eigenvalue weighted by molar-refractivity contribution is 6.23. The summed E-state index contributed by atoms with van der Waals surface area (Å²) >= 11 is 5.62. The molecule has 1 aromatic rings. The highest BCUT2D eigenvalue weighted by Gasteiger charge is 2.57. The predicted octanol–water partition coefficient (Wildman–Crippen LogP) is -0.00700. The second kappa shape index (κ2) is 6.52. The number of carbonyl (C=O) groups excluding carboxylic acids is 1. The maximum atomic E-state index is 14.4. The van der Waals surface area contributed by atoms with Crippen LogP contribution in [0.15, 0.2) is 17.1 Å². The summed E-state index contributed by atoms with van der Waals surface area (Å²) in [4.78, 5) is 27.2. The minimum atomic E-state index is -2.80. The first kappa shape index (κ1) is 17.8. The highest BCUT2D eigenvalue weighted by atomic mass is 35.5. The predicted molar refractivity (Wildman–Crippen MR) is 78.7 cm³/mol. The van der Waals surface area contributed by atoms with Crippen molar-refractivity contribution in [3.63, 3.8) is 0 Å². The van der Waals surface area contributed by atoms with E-state index in [4.69, 9.17) is 21.4 Å². The highest BCUT2D eigenvalue weighted by Crippen LogP contribution is 2.43. The van der Waals surface area contributed by atoms with E-state index in [-0.39, 0.29) is 17.6 Å². The lowest BCUT2D eigenvalue weighted by molar-refractivity contribution is -0.118. The molecule has 0 bridgehead atoms. The largest absolute Gasteiger partial charge is 0.394 e. The van der Waals surface area contributed by atoms with E-state index in [0.717, 1.165) is 10.8 Å². The first-order chi connectivity index (χ1) is 10.7. The van der Waals surface area contributed by atoms with Crippen LogP contribution in [0.25, 0.3) is 0 Å². The van der Waals surface area contributed by atoms with Crippen molar-refractivity contribution in [2.45, 2.75) is 37.4 Å². The molecule has 1 fully saturated rings. The molecule has 2 rings (SSSR count). The summed E-state index contributed by atoms with van der Waals surface area (Å²) < 4.78 is 20.3. The number of aliphatic hydroxyl groups excluding tert-OH is 2. The monoisotopic (exact) mass is 349 g/mol. The van der Waals surface area contributed by atoms with E-state index >= 15 is 0 Å². The Kier molecular flexibility index (Phi) is 5.04. The molecule has 0 saturated carbocycles. The molecule has 1 unspecified atom stereocenters. The fourth-order valence-electron chi connectivity index (χ4n) is 2.05. The number of aromatic nitrogens is 2. The van der Waals surface area contributed by atoms with Gasteiger partial charge in [-0.2, -0.15) is 4.98 Å². The van der Waals surface area contributed by atoms with E-state index in [0.29, 0.717) is 0 Å². The molecular formula is C13H17ClFN3O5. The minimum Gasteiger partial charge on any atom is -0.394 e. The summed E-state index contributed by atoms with van der Waals surface area (Å²) in [6.07, 6.45) is -3.61. The Morgan fingerprint density at radius 2 is 2.30 bits per heavy atom. The van der Waals surface area contributed by atoms with Gasteiger partial charge in [0.05, 0.1) is 6.61 Å². The molecule has 2 heterocycles. The third-order valence-electron chi connectivity index (χ3n) is 3.42. The van der Waals surface area contributed by atoms with Gasteiger partial charge in [-0.3, -0.25) is 9.36 Å². The maximum absolute atomic E-state index is 14.4. The molecule has 3 N–H and O–H groups in total. The SMILES string of the molecule is CC(C)C(=O)Nc1ccn(C2O[C@H](CO)[C@@H](O)[C@]2(F)Cl)c(=O)n1. The normalized spacial score (nSPS) is 30.7. The molecule has 0 aliphatic carbocycles. The number of halogens is 2. The molecule has 0 radical (unpaired) electrons. The number of ether oxygens (including phenoxy) is 1. The topological polar surface area (TPSA) is 114 Å². The molecule has 10 heteroatoms. The second-order valence-electron chi connectivity index (χ2n) is 5.48. The van der Waals surface area contributed by atoms with Crippen LogP contribution in [0.2, 0.25) is 0 Å². The Balaban J connectivity index is 2.28. The fraction of sp³-hybridized carbons (Fsp3) is 0.615. The summed E-state index contributed by atoms with van der Waals surface area (Å²) in [5.74, 6) is -0.639. The van der Waals surface area contributed by atoms with Gasteiger partial charge >= 0.3 is 5.69 Å². The molecule has 0 aromatic carbocycles. The molecule has 4 atom stereocenters. The summed E-state index contributed by atoms with van der Waals surface area (Å²) in [5.41, 5.74) is -0.926. The van der Waals surface area contributed by atoms with Gasteiger partial charge in [0.2, 0.25) is 5.91 Å². The lowest BCUT2D eigenvalue weighted by Crippen LogP contribution is -2.41. The average molecular weight is 350 g/mol. The number of hydrogen-bond donors (Lipinski definition) is 3. The van der Waals surface area contributed by atoms with Gasteiger partial charge in [-0.1, -0.05) is 25.4 Å². The third-order valence-corrected chi connectivity index (χ3v) is 3.83. The van der Waals surface area contributed by atoms with Gasteiger partial charge in [0.25, 0.3) is 5.13 Å². The second-order valence-corrected chi connectivity index (χ2v) is 6.05. The lowest BCUT2D eigenvalue weighted by atomic mass is 10.1. The molecule has 8 nitrogen and oxygen atoms in total. The Hall–Kier alpha value is -1.55. The van der Waals surface area contributed by atoms with Gasteiger partial charge in [0.1, 0.15) is 18.0 Å². The number of amides is 1. The van der Waals surface area contributed by atoms with E-state index in [1.54, 1.807) is 13.8 Å². The van der Waals surface area contributed by atoms with Gasteiger partial charge in [0.15, 0.2) is 6.23 Å². The molecule has 1 aliphatic rings. The third kappa shape index (κ3) is 3.37. The number of rotatable bonds is 4. The van der Waals surface area contributed by atoms with Gasteiger partial charge in [-0.05, 0) is 6.07 Å². The van der Waals surface area contributed by atoms with Gasteiger partial charge < -0.3 is 20.3 Å². The number of alkyl halides is 2. The quantitative estimate of drug-likeness (QED) is 0.659. The lowest BCUT2D eigenvalue weighted by Gasteiger charge is -2.22. The standard InChI is InChI=1S/C13H17ClFN3O5/c1-6(2)10(21)16-8-3-4-18(12(22)17-8)11-13(14,15)9(20)7(5-19)23-11/h3-4,6-7,9,11,19-20H,5H2,1-2H3,(H,16,17,21,22)/t7-,9-,11?,13-/m1/s1. The summed E-state index contributed by atoms with van der Waals surface area (Å²) in [5, 5.41) is 18.4.